The second-order valence-electron chi connectivity index (χ2n) is 4.39. The lowest BCUT2D eigenvalue weighted by Crippen LogP contribution is -2.16. The molecule has 3 rings (SSSR count). The largest absolute Gasteiger partial charge is 0.481 e. The van der Waals surface area contributed by atoms with Crippen LogP contribution in [0.2, 0.25) is 0 Å². The number of aromatic nitrogens is 2. The Kier molecular flexibility index (Phi) is 3.01. The van der Waals surface area contributed by atoms with E-state index >= 15 is 0 Å². The van der Waals surface area contributed by atoms with Gasteiger partial charge in [-0.2, -0.15) is 0 Å². The van der Waals surface area contributed by atoms with Crippen LogP contribution in [0.1, 0.15) is 29.5 Å². The first kappa shape index (κ1) is 11.6. The van der Waals surface area contributed by atoms with Crippen molar-refractivity contribution in [3.05, 3.63) is 28.8 Å². The number of fused-ring (bicyclic) bond motifs is 1. The Bertz CT molecular complexity index is 567. The number of hydrogen-bond acceptors (Lipinski definition) is 5. The molecule has 1 atom stereocenters. The first-order valence-electron chi connectivity index (χ1n) is 6.04. The van der Waals surface area contributed by atoms with E-state index in [1.54, 1.807) is 18.4 Å². The zero-order valence-corrected chi connectivity index (χ0v) is 11.0. The van der Waals surface area contributed by atoms with Crippen LogP contribution < -0.4 is 10.5 Å². The summed E-state index contributed by atoms with van der Waals surface area (Å²) in [5.41, 5.74) is 8.02. The van der Waals surface area contributed by atoms with Crippen molar-refractivity contribution in [1.82, 2.24) is 9.97 Å². The predicted octanol–water partition coefficient (Wildman–Crippen LogP) is 2.55. The summed E-state index contributed by atoms with van der Waals surface area (Å²) in [5, 5.41) is 0.941. The van der Waals surface area contributed by atoms with Gasteiger partial charge in [0, 0.05) is 17.0 Å². The van der Waals surface area contributed by atoms with Gasteiger partial charge < -0.3 is 10.5 Å². The molecule has 94 valence electrons. The summed E-state index contributed by atoms with van der Waals surface area (Å²) in [7, 11) is 1.62. The molecule has 0 saturated heterocycles. The van der Waals surface area contributed by atoms with Gasteiger partial charge >= 0.3 is 0 Å². The SMILES string of the molecule is COc1cccc(-c2nc3c(s2)CCCC3N)n1. The molecule has 2 aromatic rings. The number of thiazole rings is 1. The summed E-state index contributed by atoms with van der Waals surface area (Å²) in [5.74, 6) is 0.616. The molecule has 4 nitrogen and oxygen atoms in total. The molecule has 0 saturated carbocycles. The number of aryl methyl sites for hydroxylation is 1. The number of nitrogens with two attached hydrogens (primary N) is 1. The Balaban J connectivity index is 2.01. The Hall–Kier alpha value is -1.46. The zero-order chi connectivity index (χ0) is 12.5. The van der Waals surface area contributed by atoms with E-state index in [-0.39, 0.29) is 6.04 Å². The molecule has 0 radical (unpaired) electrons. The Morgan fingerprint density at radius 3 is 3.06 bits per heavy atom. The fourth-order valence-electron chi connectivity index (χ4n) is 2.21. The number of hydrogen-bond donors (Lipinski definition) is 1. The van der Waals surface area contributed by atoms with Crippen LogP contribution in [0.4, 0.5) is 0 Å². The van der Waals surface area contributed by atoms with E-state index in [9.17, 15) is 0 Å². The van der Waals surface area contributed by atoms with Crippen LogP contribution in [0.15, 0.2) is 18.2 Å². The first-order valence-corrected chi connectivity index (χ1v) is 6.86. The number of rotatable bonds is 2. The highest BCUT2D eigenvalue weighted by molar-refractivity contribution is 7.15. The van der Waals surface area contributed by atoms with Gasteiger partial charge in [0.05, 0.1) is 12.8 Å². The highest BCUT2D eigenvalue weighted by Gasteiger charge is 2.22. The summed E-state index contributed by atoms with van der Waals surface area (Å²) in [6.45, 7) is 0. The van der Waals surface area contributed by atoms with Crippen molar-refractivity contribution < 1.29 is 4.74 Å². The monoisotopic (exact) mass is 261 g/mol. The van der Waals surface area contributed by atoms with Gasteiger partial charge in [-0.25, -0.2) is 9.97 Å². The van der Waals surface area contributed by atoms with E-state index in [0.717, 1.165) is 35.7 Å². The highest BCUT2D eigenvalue weighted by atomic mass is 32.1. The lowest BCUT2D eigenvalue weighted by atomic mass is 9.99. The third-order valence-corrected chi connectivity index (χ3v) is 4.30. The van der Waals surface area contributed by atoms with Gasteiger partial charge in [-0.3, -0.25) is 0 Å². The molecule has 2 heterocycles. The van der Waals surface area contributed by atoms with Crippen molar-refractivity contribution in [2.45, 2.75) is 25.3 Å². The smallest absolute Gasteiger partial charge is 0.213 e. The van der Waals surface area contributed by atoms with E-state index in [4.69, 9.17) is 10.5 Å². The maximum Gasteiger partial charge on any atom is 0.213 e. The molecule has 0 aromatic carbocycles. The normalized spacial score (nSPS) is 18.4. The van der Waals surface area contributed by atoms with E-state index < -0.39 is 0 Å². The minimum absolute atomic E-state index is 0.0874. The fourth-order valence-corrected chi connectivity index (χ4v) is 3.35. The topological polar surface area (TPSA) is 61.0 Å². The molecule has 1 unspecified atom stereocenters. The molecule has 2 aromatic heterocycles. The lowest BCUT2D eigenvalue weighted by Gasteiger charge is -2.15. The van der Waals surface area contributed by atoms with Crippen LogP contribution in [0.3, 0.4) is 0 Å². The maximum absolute atomic E-state index is 6.09. The molecule has 0 aliphatic heterocycles. The average molecular weight is 261 g/mol. The maximum atomic E-state index is 6.09. The Labute approximate surface area is 110 Å². The number of ether oxygens (including phenoxy) is 1. The van der Waals surface area contributed by atoms with Gasteiger partial charge in [0.1, 0.15) is 10.7 Å². The molecule has 0 fully saturated rings. The molecule has 18 heavy (non-hydrogen) atoms. The van der Waals surface area contributed by atoms with Crippen molar-refractivity contribution in [3.63, 3.8) is 0 Å². The second kappa shape index (κ2) is 4.66. The van der Waals surface area contributed by atoms with Crippen molar-refractivity contribution >= 4 is 11.3 Å². The minimum Gasteiger partial charge on any atom is -0.481 e. The van der Waals surface area contributed by atoms with Gasteiger partial charge in [0.2, 0.25) is 5.88 Å². The van der Waals surface area contributed by atoms with E-state index in [2.05, 4.69) is 9.97 Å². The van der Waals surface area contributed by atoms with Crippen molar-refractivity contribution in [2.24, 2.45) is 5.73 Å². The van der Waals surface area contributed by atoms with E-state index in [1.165, 1.54) is 4.88 Å². The van der Waals surface area contributed by atoms with Crippen molar-refractivity contribution in [2.75, 3.05) is 7.11 Å². The first-order chi connectivity index (χ1) is 8.78. The summed E-state index contributed by atoms with van der Waals surface area (Å²) >= 11 is 1.70. The zero-order valence-electron chi connectivity index (χ0n) is 10.2. The molecule has 2 N–H and O–H groups in total. The highest BCUT2D eigenvalue weighted by Crippen LogP contribution is 2.35. The van der Waals surface area contributed by atoms with Crippen LogP contribution in [0.5, 0.6) is 5.88 Å². The molecule has 0 spiro atoms. The molecule has 1 aliphatic carbocycles. The quantitative estimate of drug-likeness (QED) is 0.902. The average Bonchev–Trinajstić information content (AvgIpc) is 2.84. The molecule has 0 amide bonds. The summed E-state index contributed by atoms with van der Waals surface area (Å²) in [6, 6.07) is 5.81. The molecule has 5 heteroatoms. The summed E-state index contributed by atoms with van der Waals surface area (Å²) < 4.78 is 5.14. The number of pyridine rings is 1. The van der Waals surface area contributed by atoms with E-state index in [0.29, 0.717) is 5.88 Å². The third kappa shape index (κ3) is 2.00. The minimum atomic E-state index is 0.0874. The predicted molar refractivity (Wildman–Crippen MR) is 71.8 cm³/mol. The van der Waals surface area contributed by atoms with E-state index in [1.807, 2.05) is 18.2 Å². The van der Waals surface area contributed by atoms with Crippen LogP contribution in [-0.4, -0.2) is 17.1 Å². The standard InChI is InChI=1S/C13H15N3OS/c1-17-11-7-3-5-9(15-11)13-16-12-8(14)4-2-6-10(12)18-13/h3,5,7-8H,2,4,6,14H2,1H3. The number of nitrogens with zero attached hydrogens (tertiary/aromatic N) is 2. The Morgan fingerprint density at radius 1 is 1.39 bits per heavy atom. The van der Waals surface area contributed by atoms with Crippen LogP contribution >= 0.6 is 11.3 Å². The summed E-state index contributed by atoms with van der Waals surface area (Å²) in [6.07, 6.45) is 3.27. The third-order valence-electron chi connectivity index (χ3n) is 3.15. The Morgan fingerprint density at radius 2 is 2.28 bits per heavy atom. The van der Waals surface area contributed by atoms with Gasteiger partial charge in [-0.1, -0.05) is 6.07 Å². The fraction of sp³-hybridized carbons (Fsp3) is 0.385. The van der Waals surface area contributed by atoms with Crippen LogP contribution in [0, 0.1) is 0 Å². The van der Waals surface area contributed by atoms with Crippen molar-refractivity contribution in [3.8, 4) is 16.6 Å². The van der Waals surface area contributed by atoms with Crippen LogP contribution in [-0.2, 0) is 6.42 Å². The second-order valence-corrected chi connectivity index (χ2v) is 5.47. The van der Waals surface area contributed by atoms with Gasteiger partial charge in [-0.05, 0) is 25.3 Å². The van der Waals surface area contributed by atoms with Crippen LogP contribution in [0.25, 0.3) is 10.7 Å². The lowest BCUT2D eigenvalue weighted by molar-refractivity contribution is 0.398. The molecular formula is C13H15N3OS. The van der Waals surface area contributed by atoms with Crippen molar-refractivity contribution in [1.29, 1.82) is 0 Å². The number of methoxy groups -OCH3 is 1. The summed E-state index contributed by atoms with van der Waals surface area (Å²) in [4.78, 5) is 10.4. The molecule has 1 aliphatic rings. The van der Waals surface area contributed by atoms with Gasteiger partial charge in [0.15, 0.2) is 0 Å². The van der Waals surface area contributed by atoms with Gasteiger partial charge in [-0.15, -0.1) is 11.3 Å². The molecule has 0 bridgehead atoms. The molecular weight excluding hydrogens is 246 g/mol. The van der Waals surface area contributed by atoms with Gasteiger partial charge in [0.25, 0.3) is 0 Å².